The molecule has 4 nitrogen and oxygen atoms in total. The zero-order valence-corrected chi connectivity index (χ0v) is 16.8. The molecule has 0 spiro atoms. The number of aryl methyl sites for hydroxylation is 2. The molecule has 0 N–H and O–H groups in total. The third-order valence-electron chi connectivity index (χ3n) is 4.05. The number of hydrogen-bond donors (Lipinski definition) is 0. The van der Waals surface area contributed by atoms with Gasteiger partial charge in [0, 0.05) is 18.4 Å². The van der Waals surface area contributed by atoms with E-state index in [0.717, 1.165) is 28.1 Å². The summed E-state index contributed by atoms with van der Waals surface area (Å²) in [4.78, 5) is 18.5. The van der Waals surface area contributed by atoms with E-state index in [2.05, 4.69) is 36.2 Å². The molecule has 0 bridgehead atoms. The van der Waals surface area contributed by atoms with Crippen LogP contribution in [0.3, 0.4) is 0 Å². The number of para-hydroxylation sites is 1. The number of nitrogens with zero attached hydrogens (tertiary/aromatic N) is 2. The van der Waals surface area contributed by atoms with E-state index in [0.29, 0.717) is 11.2 Å². The molecule has 0 saturated heterocycles. The molecule has 0 radical (unpaired) electrons. The van der Waals surface area contributed by atoms with Crippen LogP contribution in [-0.2, 0) is 11.8 Å². The summed E-state index contributed by atoms with van der Waals surface area (Å²) in [5.74, 6) is 1.64. The Morgan fingerprint density at radius 1 is 1.23 bits per heavy atom. The highest BCUT2D eigenvalue weighted by Gasteiger charge is 2.09. The summed E-state index contributed by atoms with van der Waals surface area (Å²) in [6, 6.07) is 14.4. The Hall–Kier alpha value is -2.05. The van der Waals surface area contributed by atoms with Crippen LogP contribution in [0.5, 0.6) is 5.75 Å². The molecular formula is C20H22N2O2S2. The molecule has 1 aromatic heterocycles. The summed E-state index contributed by atoms with van der Waals surface area (Å²) in [6.07, 6.45) is 1.28. The molecule has 1 amide bonds. The lowest BCUT2D eigenvalue weighted by Gasteiger charge is -2.03. The van der Waals surface area contributed by atoms with Crippen LogP contribution in [0.25, 0.3) is 10.2 Å². The number of carbonyl (C=O) groups excluding carboxylic acids is 1. The summed E-state index contributed by atoms with van der Waals surface area (Å²) >= 11 is 3.29. The van der Waals surface area contributed by atoms with Gasteiger partial charge in [-0.3, -0.25) is 4.79 Å². The van der Waals surface area contributed by atoms with Gasteiger partial charge in [0.15, 0.2) is 4.80 Å². The average molecular weight is 387 g/mol. The van der Waals surface area contributed by atoms with Gasteiger partial charge in [-0.25, -0.2) is 0 Å². The van der Waals surface area contributed by atoms with Gasteiger partial charge >= 0.3 is 0 Å². The van der Waals surface area contributed by atoms with Gasteiger partial charge in [-0.1, -0.05) is 35.1 Å². The molecule has 3 aromatic rings. The Labute approximate surface area is 161 Å². The number of thioether (sulfide) groups is 1. The molecule has 0 aliphatic rings. The minimum absolute atomic E-state index is 0.0735. The van der Waals surface area contributed by atoms with Crippen LogP contribution >= 0.6 is 23.1 Å². The van der Waals surface area contributed by atoms with E-state index < -0.39 is 0 Å². The van der Waals surface area contributed by atoms with Gasteiger partial charge in [0.05, 0.1) is 11.8 Å². The molecular weight excluding hydrogens is 364 g/mol. The number of methoxy groups -OCH3 is 1. The summed E-state index contributed by atoms with van der Waals surface area (Å²) < 4.78 is 8.40. The Bertz CT molecular complexity index is 972. The van der Waals surface area contributed by atoms with Gasteiger partial charge in [-0.15, -0.1) is 11.8 Å². The molecule has 136 valence electrons. The number of benzene rings is 2. The molecule has 0 aliphatic heterocycles. The van der Waals surface area contributed by atoms with Crippen molar-refractivity contribution >= 4 is 39.2 Å². The minimum atomic E-state index is -0.0735. The number of aromatic nitrogens is 1. The largest absolute Gasteiger partial charge is 0.495 e. The Morgan fingerprint density at radius 2 is 2.00 bits per heavy atom. The molecule has 0 aliphatic carbocycles. The topological polar surface area (TPSA) is 43.6 Å². The first-order valence-corrected chi connectivity index (χ1v) is 10.3. The zero-order valence-electron chi connectivity index (χ0n) is 15.2. The van der Waals surface area contributed by atoms with Crippen molar-refractivity contribution < 1.29 is 9.53 Å². The van der Waals surface area contributed by atoms with Crippen molar-refractivity contribution in [1.29, 1.82) is 0 Å². The standard InChI is InChI=1S/C20H22N2O2S2/c1-14-9-11-15(12-10-14)25-13-5-8-18(23)21-20-22(2)19-16(24-3)6-4-7-17(19)26-20/h4,6-7,9-12H,5,8,13H2,1-3H3. The van der Waals surface area contributed by atoms with E-state index in [-0.39, 0.29) is 5.91 Å². The van der Waals surface area contributed by atoms with Crippen LogP contribution in [0.2, 0.25) is 0 Å². The molecule has 0 saturated carbocycles. The van der Waals surface area contributed by atoms with Crippen LogP contribution < -0.4 is 9.54 Å². The van der Waals surface area contributed by atoms with Crippen LogP contribution in [0, 0.1) is 6.92 Å². The van der Waals surface area contributed by atoms with Crippen LogP contribution in [0.1, 0.15) is 18.4 Å². The Balaban J connectivity index is 1.63. The molecule has 2 aromatic carbocycles. The first kappa shape index (κ1) is 18.7. The highest BCUT2D eigenvalue weighted by molar-refractivity contribution is 7.99. The summed E-state index contributed by atoms with van der Waals surface area (Å²) in [7, 11) is 3.57. The third kappa shape index (κ3) is 4.37. The SMILES string of the molecule is COc1cccc2sc(=NC(=O)CCCSc3ccc(C)cc3)n(C)c12. The van der Waals surface area contributed by atoms with Gasteiger partial charge in [0.1, 0.15) is 11.3 Å². The number of hydrogen-bond acceptors (Lipinski definition) is 4. The van der Waals surface area contributed by atoms with Crippen molar-refractivity contribution in [3.8, 4) is 5.75 Å². The molecule has 6 heteroatoms. The highest BCUT2D eigenvalue weighted by atomic mass is 32.2. The summed E-state index contributed by atoms with van der Waals surface area (Å²) in [5.41, 5.74) is 2.23. The lowest BCUT2D eigenvalue weighted by Crippen LogP contribution is -2.13. The molecule has 3 rings (SSSR count). The maximum atomic E-state index is 12.2. The normalized spacial score (nSPS) is 11.9. The quantitative estimate of drug-likeness (QED) is 0.461. The summed E-state index contributed by atoms with van der Waals surface area (Å²) in [6.45, 7) is 2.08. The van der Waals surface area contributed by atoms with E-state index >= 15 is 0 Å². The van der Waals surface area contributed by atoms with Crippen molar-refractivity contribution in [2.24, 2.45) is 12.0 Å². The average Bonchev–Trinajstić information content (AvgIpc) is 2.96. The number of rotatable bonds is 6. The monoisotopic (exact) mass is 386 g/mol. The van der Waals surface area contributed by atoms with Gasteiger partial charge in [0.25, 0.3) is 0 Å². The van der Waals surface area contributed by atoms with E-state index in [9.17, 15) is 4.79 Å². The smallest absolute Gasteiger partial charge is 0.248 e. The second-order valence-electron chi connectivity index (χ2n) is 6.02. The van der Waals surface area contributed by atoms with E-state index in [1.165, 1.54) is 21.8 Å². The lowest BCUT2D eigenvalue weighted by atomic mass is 10.2. The van der Waals surface area contributed by atoms with Gasteiger partial charge < -0.3 is 9.30 Å². The molecule has 0 fully saturated rings. The maximum Gasteiger partial charge on any atom is 0.248 e. The highest BCUT2D eigenvalue weighted by Crippen LogP contribution is 2.26. The fourth-order valence-electron chi connectivity index (χ4n) is 2.65. The van der Waals surface area contributed by atoms with Crippen LogP contribution in [0.4, 0.5) is 0 Å². The molecule has 0 atom stereocenters. The van der Waals surface area contributed by atoms with Crippen molar-refractivity contribution in [3.63, 3.8) is 0 Å². The van der Waals surface area contributed by atoms with Crippen molar-refractivity contribution in [2.45, 2.75) is 24.7 Å². The van der Waals surface area contributed by atoms with Gasteiger partial charge in [-0.05, 0) is 43.4 Å². The second-order valence-corrected chi connectivity index (χ2v) is 8.20. The Morgan fingerprint density at radius 3 is 2.73 bits per heavy atom. The summed E-state index contributed by atoms with van der Waals surface area (Å²) in [5, 5.41) is 0. The minimum Gasteiger partial charge on any atom is -0.495 e. The lowest BCUT2D eigenvalue weighted by molar-refractivity contribution is -0.118. The number of thiazole rings is 1. The van der Waals surface area contributed by atoms with Crippen LogP contribution in [0.15, 0.2) is 52.4 Å². The van der Waals surface area contributed by atoms with Gasteiger partial charge in [0.2, 0.25) is 5.91 Å². The number of ether oxygens (including phenoxy) is 1. The fraction of sp³-hybridized carbons (Fsp3) is 0.300. The predicted octanol–water partition coefficient (Wildman–Crippen LogP) is 4.56. The fourth-order valence-corrected chi connectivity index (χ4v) is 4.56. The molecule has 0 unspecified atom stereocenters. The van der Waals surface area contributed by atoms with Crippen LogP contribution in [-0.4, -0.2) is 23.3 Å². The first-order chi connectivity index (χ1) is 12.6. The van der Waals surface area contributed by atoms with Crippen molar-refractivity contribution in [3.05, 3.63) is 52.8 Å². The first-order valence-electron chi connectivity index (χ1n) is 8.48. The number of amides is 1. The third-order valence-corrected chi connectivity index (χ3v) is 6.25. The Kier molecular flexibility index (Phi) is 6.16. The van der Waals surface area contributed by atoms with Gasteiger partial charge in [-0.2, -0.15) is 4.99 Å². The van der Waals surface area contributed by atoms with E-state index in [1.807, 2.05) is 29.8 Å². The molecule has 26 heavy (non-hydrogen) atoms. The van der Waals surface area contributed by atoms with Crippen molar-refractivity contribution in [1.82, 2.24) is 4.57 Å². The number of carbonyl (C=O) groups is 1. The molecule has 1 heterocycles. The van der Waals surface area contributed by atoms with Crippen molar-refractivity contribution in [2.75, 3.05) is 12.9 Å². The zero-order chi connectivity index (χ0) is 18.5. The maximum absolute atomic E-state index is 12.2. The number of fused-ring (bicyclic) bond motifs is 1. The van der Waals surface area contributed by atoms with E-state index in [1.54, 1.807) is 18.9 Å². The second kappa shape index (κ2) is 8.56. The predicted molar refractivity (Wildman–Crippen MR) is 109 cm³/mol. The van der Waals surface area contributed by atoms with E-state index in [4.69, 9.17) is 4.74 Å².